The molecule has 0 spiro atoms. The van der Waals surface area contributed by atoms with Gasteiger partial charge in [0.25, 0.3) is 0 Å². The number of ether oxygens (including phenoxy) is 1. The Hall–Kier alpha value is -1.08. The molecule has 1 heterocycles. The lowest BCUT2D eigenvalue weighted by Crippen LogP contribution is -1.74. The molecule has 0 saturated carbocycles. The summed E-state index contributed by atoms with van der Waals surface area (Å²) in [6, 6.07) is 10.3. The first-order chi connectivity index (χ1) is 5.45. The van der Waals surface area contributed by atoms with Crippen LogP contribution >= 0.6 is 0 Å². The molecule has 0 aliphatic carbocycles. The minimum Gasteiger partial charge on any atom is -0.369 e. The van der Waals surface area contributed by atoms with E-state index in [2.05, 4.69) is 24.3 Å². The fourth-order valence-corrected chi connectivity index (χ4v) is 0.949. The lowest BCUT2D eigenvalue weighted by Gasteiger charge is -1.88. The van der Waals surface area contributed by atoms with E-state index in [-0.39, 0.29) is 0 Å². The van der Waals surface area contributed by atoms with Crippen LogP contribution in [0.2, 0.25) is 0 Å². The van der Waals surface area contributed by atoms with Gasteiger partial charge in [0.2, 0.25) is 0 Å². The summed E-state index contributed by atoms with van der Waals surface area (Å²) in [6.45, 7) is 0.892. The van der Waals surface area contributed by atoms with Gasteiger partial charge < -0.3 is 4.74 Å². The molecule has 0 amide bonds. The molecule has 56 valence electrons. The van der Waals surface area contributed by atoms with Gasteiger partial charge in [-0.15, -0.1) is 0 Å². The van der Waals surface area contributed by atoms with Crippen LogP contribution in [0, 0.1) is 0 Å². The third kappa shape index (κ3) is 1.92. The van der Waals surface area contributed by atoms with Gasteiger partial charge in [0, 0.05) is 0 Å². The zero-order valence-corrected chi connectivity index (χ0v) is 6.23. The fourth-order valence-electron chi connectivity index (χ4n) is 0.949. The van der Waals surface area contributed by atoms with Crippen molar-refractivity contribution in [3.8, 4) is 0 Å². The molecular formula is C10H10O. The Morgan fingerprint density at radius 2 is 2.00 bits per heavy atom. The first-order valence-corrected chi connectivity index (χ1v) is 3.80. The van der Waals surface area contributed by atoms with Gasteiger partial charge in [0.1, 0.15) is 0 Å². The Morgan fingerprint density at radius 3 is 2.64 bits per heavy atom. The normalized spacial score (nSPS) is 22.4. The van der Waals surface area contributed by atoms with Crippen LogP contribution in [-0.2, 0) is 4.74 Å². The molecule has 1 aliphatic rings. The Labute approximate surface area is 66.3 Å². The average Bonchev–Trinajstić information content (AvgIpc) is 2.86. The zero-order valence-electron chi connectivity index (χ0n) is 6.23. The first-order valence-electron chi connectivity index (χ1n) is 3.80. The number of benzene rings is 1. The summed E-state index contributed by atoms with van der Waals surface area (Å²) in [5.41, 5.74) is 1.24. The maximum absolute atomic E-state index is 5.04. The molecule has 1 heteroatoms. The topological polar surface area (TPSA) is 12.5 Å². The Kier molecular flexibility index (Phi) is 1.74. The third-order valence-corrected chi connectivity index (χ3v) is 1.66. The molecule has 1 fully saturated rings. The van der Waals surface area contributed by atoms with E-state index in [0.29, 0.717) is 6.10 Å². The van der Waals surface area contributed by atoms with E-state index in [1.54, 1.807) is 0 Å². The predicted molar refractivity (Wildman–Crippen MR) is 45.2 cm³/mol. The lowest BCUT2D eigenvalue weighted by atomic mass is 10.2. The fraction of sp³-hybridized carbons (Fsp3) is 0.200. The van der Waals surface area contributed by atoms with Crippen molar-refractivity contribution in [2.45, 2.75) is 6.10 Å². The Bertz CT molecular complexity index is 247. The number of epoxide rings is 1. The predicted octanol–water partition coefficient (Wildman–Crippen LogP) is 2.10. The first kappa shape index (κ1) is 6.62. The molecule has 0 unspecified atom stereocenters. The van der Waals surface area contributed by atoms with Crippen LogP contribution in [0.3, 0.4) is 0 Å². The van der Waals surface area contributed by atoms with Crippen LogP contribution in [0.4, 0.5) is 0 Å². The highest BCUT2D eigenvalue weighted by atomic mass is 16.6. The summed E-state index contributed by atoms with van der Waals surface area (Å²) in [4.78, 5) is 0. The van der Waals surface area contributed by atoms with Gasteiger partial charge in [-0.3, -0.25) is 0 Å². The van der Waals surface area contributed by atoms with Crippen molar-refractivity contribution in [3.63, 3.8) is 0 Å². The van der Waals surface area contributed by atoms with E-state index in [1.807, 2.05) is 18.2 Å². The number of rotatable bonds is 2. The Balaban J connectivity index is 2.05. The maximum Gasteiger partial charge on any atom is 0.0994 e. The van der Waals surface area contributed by atoms with Crippen molar-refractivity contribution in [1.82, 2.24) is 0 Å². The highest BCUT2D eigenvalue weighted by molar-refractivity contribution is 5.49. The molecule has 0 N–H and O–H groups in total. The Morgan fingerprint density at radius 1 is 1.27 bits per heavy atom. The summed E-state index contributed by atoms with van der Waals surface area (Å²) >= 11 is 0. The van der Waals surface area contributed by atoms with Gasteiger partial charge in [-0.1, -0.05) is 42.5 Å². The highest BCUT2D eigenvalue weighted by Gasteiger charge is 2.17. The number of hydrogen-bond donors (Lipinski definition) is 0. The molecule has 2 rings (SSSR count). The van der Waals surface area contributed by atoms with Gasteiger partial charge in [0.05, 0.1) is 12.7 Å². The third-order valence-electron chi connectivity index (χ3n) is 1.66. The van der Waals surface area contributed by atoms with Crippen LogP contribution in [0.1, 0.15) is 5.56 Å². The molecule has 1 saturated heterocycles. The zero-order chi connectivity index (χ0) is 7.52. The molecule has 1 aromatic rings. The second-order valence-corrected chi connectivity index (χ2v) is 2.64. The van der Waals surface area contributed by atoms with Gasteiger partial charge in [-0.25, -0.2) is 0 Å². The van der Waals surface area contributed by atoms with Crippen LogP contribution in [0.5, 0.6) is 0 Å². The largest absolute Gasteiger partial charge is 0.369 e. The summed E-state index contributed by atoms with van der Waals surface area (Å²) in [5, 5.41) is 0. The van der Waals surface area contributed by atoms with Crippen LogP contribution in [-0.4, -0.2) is 12.7 Å². The van der Waals surface area contributed by atoms with E-state index in [1.165, 1.54) is 5.56 Å². The smallest absolute Gasteiger partial charge is 0.0994 e. The second-order valence-electron chi connectivity index (χ2n) is 2.64. The SMILES string of the molecule is C(=C[C@@H]1CO1)c1ccccc1. The standard InChI is InChI=1S/C10H10O/c1-2-4-9(5-3-1)6-7-10-8-11-10/h1-7,10H,8H2/t10-/m1/s1. The highest BCUT2D eigenvalue weighted by Crippen LogP contribution is 2.12. The van der Waals surface area contributed by atoms with Crippen molar-refractivity contribution in [2.24, 2.45) is 0 Å². The minimum absolute atomic E-state index is 0.384. The molecular weight excluding hydrogens is 136 g/mol. The molecule has 0 aromatic heterocycles. The molecule has 1 aromatic carbocycles. The van der Waals surface area contributed by atoms with Crippen molar-refractivity contribution in [1.29, 1.82) is 0 Å². The molecule has 0 radical (unpaired) electrons. The van der Waals surface area contributed by atoms with Crippen LogP contribution < -0.4 is 0 Å². The van der Waals surface area contributed by atoms with Crippen molar-refractivity contribution < 1.29 is 4.74 Å². The summed E-state index contributed by atoms with van der Waals surface area (Å²) in [6.07, 6.45) is 4.57. The minimum atomic E-state index is 0.384. The van der Waals surface area contributed by atoms with Crippen molar-refractivity contribution in [3.05, 3.63) is 42.0 Å². The lowest BCUT2D eigenvalue weighted by molar-refractivity contribution is 0.440. The maximum atomic E-state index is 5.04. The van der Waals surface area contributed by atoms with Gasteiger partial charge >= 0.3 is 0 Å². The van der Waals surface area contributed by atoms with E-state index < -0.39 is 0 Å². The average molecular weight is 146 g/mol. The molecule has 1 nitrogen and oxygen atoms in total. The number of hydrogen-bond acceptors (Lipinski definition) is 1. The monoisotopic (exact) mass is 146 g/mol. The summed E-state index contributed by atoms with van der Waals surface area (Å²) < 4.78 is 5.04. The van der Waals surface area contributed by atoms with Crippen molar-refractivity contribution in [2.75, 3.05) is 6.61 Å². The van der Waals surface area contributed by atoms with E-state index >= 15 is 0 Å². The molecule has 1 atom stereocenters. The molecule has 1 aliphatic heterocycles. The quantitative estimate of drug-likeness (QED) is 0.582. The van der Waals surface area contributed by atoms with Gasteiger partial charge in [-0.05, 0) is 5.56 Å². The summed E-state index contributed by atoms with van der Waals surface area (Å²) in [7, 11) is 0. The molecule has 11 heavy (non-hydrogen) atoms. The van der Waals surface area contributed by atoms with E-state index in [9.17, 15) is 0 Å². The second kappa shape index (κ2) is 2.89. The van der Waals surface area contributed by atoms with Gasteiger partial charge in [0.15, 0.2) is 0 Å². The van der Waals surface area contributed by atoms with Gasteiger partial charge in [-0.2, -0.15) is 0 Å². The van der Waals surface area contributed by atoms with E-state index in [0.717, 1.165) is 6.61 Å². The van der Waals surface area contributed by atoms with Crippen LogP contribution in [0.25, 0.3) is 6.08 Å². The van der Waals surface area contributed by atoms with Crippen LogP contribution in [0.15, 0.2) is 36.4 Å². The van der Waals surface area contributed by atoms with E-state index in [4.69, 9.17) is 4.74 Å². The molecule has 0 bridgehead atoms. The van der Waals surface area contributed by atoms with Crippen molar-refractivity contribution >= 4 is 6.08 Å². The summed E-state index contributed by atoms with van der Waals surface area (Å²) in [5.74, 6) is 0.